The molecule has 7 heteroatoms. The number of carbonyl (C=O) groups excluding carboxylic acids is 2. The fourth-order valence-corrected chi connectivity index (χ4v) is 4.61. The maximum atomic E-state index is 12.4. The first kappa shape index (κ1) is 17.7. The van der Waals surface area contributed by atoms with Gasteiger partial charge in [-0.1, -0.05) is 12.5 Å². The van der Waals surface area contributed by atoms with E-state index in [-0.39, 0.29) is 11.8 Å². The minimum atomic E-state index is -2.27. The molecule has 1 saturated heterocycles. The normalized spacial score (nSPS) is 41.5. The van der Waals surface area contributed by atoms with Gasteiger partial charge in [0.25, 0.3) is 0 Å². The predicted molar refractivity (Wildman–Crippen MR) is 85.4 cm³/mol. The van der Waals surface area contributed by atoms with Gasteiger partial charge in [-0.3, -0.25) is 4.79 Å². The smallest absolute Gasteiger partial charge is 0.345 e. The molecule has 1 heterocycles. The number of esters is 2. The zero-order chi connectivity index (χ0) is 17.8. The summed E-state index contributed by atoms with van der Waals surface area (Å²) in [7, 11) is 0. The second kappa shape index (κ2) is 5.71. The number of allylic oxidation sites excluding steroid dienone is 1. The Morgan fingerprint density at radius 1 is 1.38 bits per heavy atom. The van der Waals surface area contributed by atoms with Crippen LogP contribution in [0.5, 0.6) is 0 Å². The van der Waals surface area contributed by atoms with Gasteiger partial charge in [-0.15, -0.1) is 11.6 Å². The van der Waals surface area contributed by atoms with Crippen molar-refractivity contribution in [3.8, 4) is 0 Å². The van der Waals surface area contributed by atoms with Gasteiger partial charge in [0.2, 0.25) is 5.60 Å². The van der Waals surface area contributed by atoms with E-state index in [1.165, 1.54) is 0 Å². The molecule has 0 aromatic carbocycles. The number of halogens is 1. The highest BCUT2D eigenvalue weighted by Gasteiger charge is 2.71. The standard InChI is InChI=1S/C17H23ClO6/c1-10-4-3-5-15(2)6-7-16(21)13(12(10)15)24-14(20)17(16,22)9-23-11(19)8-18/h13,21-22H,3-9H2,1-2H3/t13-,15+,16?,17?/m0/s1. The minimum absolute atomic E-state index is 0.141. The molecule has 0 aromatic heterocycles. The summed E-state index contributed by atoms with van der Waals surface area (Å²) in [6.45, 7) is 3.44. The Hall–Kier alpha value is -1.11. The van der Waals surface area contributed by atoms with E-state index in [0.29, 0.717) is 6.42 Å². The Kier molecular flexibility index (Phi) is 4.21. The van der Waals surface area contributed by atoms with Crippen LogP contribution in [0.15, 0.2) is 11.1 Å². The van der Waals surface area contributed by atoms with Crippen LogP contribution in [0, 0.1) is 5.41 Å². The van der Waals surface area contributed by atoms with Crippen molar-refractivity contribution in [2.75, 3.05) is 12.5 Å². The minimum Gasteiger partial charge on any atom is -0.461 e. The average molecular weight is 359 g/mol. The SMILES string of the molecule is CC1=C2[C@@H]3OC(=O)C(O)(COC(=O)CCl)C3(O)CC[C@@]2(C)CCC1. The lowest BCUT2D eigenvalue weighted by Crippen LogP contribution is -2.64. The summed E-state index contributed by atoms with van der Waals surface area (Å²) in [6, 6.07) is 0. The van der Waals surface area contributed by atoms with Crippen molar-refractivity contribution in [2.24, 2.45) is 5.41 Å². The second-order valence-electron chi connectivity index (χ2n) is 7.47. The molecule has 3 aliphatic rings. The molecule has 6 nitrogen and oxygen atoms in total. The van der Waals surface area contributed by atoms with Crippen molar-refractivity contribution in [2.45, 2.75) is 63.3 Å². The van der Waals surface area contributed by atoms with Crippen LogP contribution in [0.4, 0.5) is 0 Å². The number of alkyl halides is 1. The maximum Gasteiger partial charge on any atom is 0.345 e. The third-order valence-corrected chi connectivity index (χ3v) is 6.19. The molecule has 0 radical (unpaired) electrons. The topological polar surface area (TPSA) is 93.1 Å². The Balaban J connectivity index is 1.98. The Morgan fingerprint density at radius 2 is 2.08 bits per heavy atom. The predicted octanol–water partition coefficient (Wildman–Crippen LogP) is 1.46. The summed E-state index contributed by atoms with van der Waals surface area (Å²) in [5, 5.41) is 22.1. The number of hydrogen-bond acceptors (Lipinski definition) is 6. The van der Waals surface area contributed by atoms with Gasteiger partial charge in [-0.25, -0.2) is 4.79 Å². The van der Waals surface area contributed by atoms with Crippen LogP contribution >= 0.6 is 11.6 Å². The van der Waals surface area contributed by atoms with Crippen molar-refractivity contribution in [3.63, 3.8) is 0 Å². The molecule has 2 N–H and O–H groups in total. The molecule has 1 aliphatic heterocycles. The molecule has 0 bridgehead atoms. The number of hydrogen-bond donors (Lipinski definition) is 2. The van der Waals surface area contributed by atoms with E-state index in [1.807, 2.05) is 6.92 Å². The molecule has 134 valence electrons. The zero-order valence-electron chi connectivity index (χ0n) is 13.9. The fraction of sp³-hybridized carbons (Fsp3) is 0.765. The van der Waals surface area contributed by atoms with Gasteiger partial charge in [0.15, 0.2) is 6.10 Å². The first-order valence-corrected chi connectivity index (χ1v) is 8.79. The highest BCUT2D eigenvalue weighted by molar-refractivity contribution is 6.26. The fourth-order valence-electron chi connectivity index (χ4n) is 4.53. The highest BCUT2D eigenvalue weighted by Crippen LogP contribution is 2.58. The Bertz CT molecular complexity index is 616. The zero-order valence-corrected chi connectivity index (χ0v) is 14.7. The van der Waals surface area contributed by atoms with Crippen LogP contribution in [-0.4, -0.2) is 51.9 Å². The van der Waals surface area contributed by atoms with E-state index in [1.54, 1.807) is 0 Å². The van der Waals surface area contributed by atoms with E-state index in [9.17, 15) is 19.8 Å². The summed E-state index contributed by atoms with van der Waals surface area (Å²) < 4.78 is 10.3. The molecule has 2 unspecified atom stereocenters. The molecular formula is C17H23ClO6. The average Bonchev–Trinajstić information content (AvgIpc) is 2.73. The van der Waals surface area contributed by atoms with Gasteiger partial charge in [-0.2, -0.15) is 0 Å². The molecule has 4 atom stereocenters. The quantitative estimate of drug-likeness (QED) is 0.450. The molecular weight excluding hydrogens is 336 g/mol. The molecule has 24 heavy (non-hydrogen) atoms. The van der Waals surface area contributed by atoms with Crippen LogP contribution in [0.25, 0.3) is 0 Å². The first-order valence-electron chi connectivity index (χ1n) is 8.25. The first-order chi connectivity index (χ1) is 11.2. The van der Waals surface area contributed by atoms with E-state index in [0.717, 1.165) is 30.4 Å². The van der Waals surface area contributed by atoms with Crippen LogP contribution in [0.1, 0.15) is 46.0 Å². The van der Waals surface area contributed by atoms with Gasteiger partial charge in [0.1, 0.15) is 18.1 Å². The molecule has 2 aliphatic carbocycles. The van der Waals surface area contributed by atoms with Crippen molar-refractivity contribution in [1.29, 1.82) is 0 Å². The van der Waals surface area contributed by atoms with Crippen LogP contribution in [0.3, 0.4) is 0 Å². The van der Waals surface area contributed by atoms with Gasteiger partial charge < -0.3 is 19.7 Å². The van der Waals surface area contributed by atoms with E-state index in [2.05, 4.69) is 6.92 Å². The molecule has 3 rings (SSSR count). The van der Waals surface area contributed by atoms with Gasteiger partial charge in [0.05, 0.1) is 0 Å². The number of fused-ring (bicyclic) bond motifs is 3. The number of aliphatic hydroxyl groups is 2. The van der Waals surface area contributed by atoms with Gasteiger partial charge in [0, 0.05) is 0 Å². The third-order valence-electron chi connectivity index (χ3n) is 5.97. The van der Waals surface area contributed by atoms with E-state index < -0.39 is 41.7 Å². The molecule has 0 aromatic rings. The summed E-state index contributed by atoms with van der Waals surface area (Å²) in [4.78, 5) is 23.7. The maximum absolute atomic E-state index is 12.4. The largest absolute Gasteiger partial charge is 0.461 e. The summed E-state index contributed by atoms with van der Waals surface area (Å²) in [5.41, 5.74) is -2.20. The Morgan fingerprint density at radius 3 is 2.75 bits per heavy atom. The lowest BCUT2D eigenvalue weighted by Gasteiger charge is -2.50. The van der Waals surface area contributed by atoms with E-state index >= 15 is 0 Å². The molecule has 1 saturated carbocycles. The van der Waals surface area contributed by atoms with Gasteiger partial charge in [-0.05, 0) is 50.0 Å². The van der Waals surface area contributed by atoms with Crippen molar-refractivity contribution in [3.05, 3.63) is 11.1 Å². The summed E-state index contributed by atoms with van der Waals surface area (Å²) in [6.07, 6.45) is 2.84. The second-order valence-corrected chi connectivity index (χ2v) is 7.74. The summed E-state index contributed by atoms with van der Waals surface area (Å²) >= 11 is 5.38. The van der Waals surface area contributed by atoms with E-state index in [4.69, 9.17) is 21.1 Å². The van der Waals surface area contributed by atoms with Crippen LogP contribution < -0.4 is 0 Å². The molecule has 2 fully saturated rings. The monoisotopic (exact) mass is 358 g/mol. The number of ether oxygens (including phenoxy) is 2. The number of rotatable bonds is 3. The summed E-state index contributed by atoms with van der Waals surface area (Å²) in [5.74, 6) is -2.11. The lowest BCUT2D eigenvalue weighted by atomic mass is 9.57. The van der Waals surface area contributed by atoms with Crippen LogP contribution in [-0.2, 0) is 19.1 Å². The van der Waals surface area contributed by atoms with Gasteiger partial charge >= 0.3 is 11.9 Å². The van der Waals surface area contributed by atoms with Crippen molar-refractivity contribution < 1.29 is 29.3 Å². The molecule has 0 spiro atoms. The lowest BCUT2D eigenvalue weighted by molar-refractivity contribution is -0.187. The van der Waals surface area contributed by atoms with Crippen LogP contribution in [0.2, 0.25) is 0 Å². The number of carbonyl (C=O) groups is 2. The Labute approximate surface area is 145 Å². The highest BCUT2D eigenvalue weighted by atomic mass is 35.5. The molecule has 0 amide bonds. The third kappa shape index (κ3) is 2.30. The van der Waals surface area contributed by atoms with Crippen molar-refractivity contribution >= 4 is 23.5 Å². The van der Waals surface area contributed by atoms with Crippen molar-refractivity contribution in [1.82, 2.24) is 0 Å².